The van der Waals surface area contributed by atoms with Crippen molar-refractivity contribution in [1.82, 2.24) is 10.6 Å². The Morgan fingerprint density at radius 3 is 2.70 bits per heavy atom. The van der Waals surface area contributed by atoms with Gasteiger partial charge in [-0.25, -0.2) is 0 Å². The zero-order valence-electron chi connectivity index (χ0n) is 12.2. The normalized spacial score (nSPS) is 16.1. The first-order valence-corrected chi connectivity index (χ1v) is 6.85. The number of methoxy groups -OCH3 is 2. The highest BCUT2D eigenvalue weighted by Gasteiger charge is 2.28. The van der Waals surface area contributed by atoms with E-state index in [1.165, 1.54) is 0 Å². The largest absolute Gasteiger partial charge is 0.497 e. The van der Waals surface area contributed by atoms with Crippen LogP contribution in [0, 0.1) is 11.8 Å². The summed E-state index contributed by atoms with van der Waals surface area (Å²) < 4.78 is 10.5. The van der Waals surface area contributed by atoms with Gasteiger partial charge in [-0.05, 0) is 31.1 Å². The third-order valence-corrected chi connectivity index (χ3v) is 3.88. The first kappa shape index (κ1) is 14.7. The maximum atomic E-state index is 12.1. The highest BCUT2D eigenvalue weighted by molar-refractivity contribution is 5.78. The second-order valence-electron chi connectivity index (χ2n) is 5.10. The molecule has 1 aliphatic heterocycles. The maximum Gasteiger partial charge on any atom is 0.223 e. The monoisotopic (exact) mass is 278 g/mol. The minimum atomic E-state index is 0.0421. The fraction of sp³-hybridized carbons (Fsp3) is 0.533. The molecule has 110 valence electrons. The van der Waals surface area contributed by atoms with E-state index in [0.717, 1.165) is 30.2 Å². The van der Waals surface area contributed by atoms with Gasteiger partial charge in [0.1, 0.15) is 11.5 Å². The van der Waals surface area contributed by atoms with E-state index < -0.39 is 0 Å². The van der Waals surface area contributed by atoms with Gasteiger partial charge in [-0.2, -0.15) is 0 Å². The summed E-state index contributed by atoms with van der Waals surface area (Å²) in [6.45, 7) is 4.31. The van der Waals surface area contributed by atoms with E-state index in [9.17, 15) is 4.79 Å². The molecule has 1 unspecified atom stereocenters. The highest BCUT2D eigenvalue weighted by atomic mass is 16.5. The summed E-state index contributed by atoms with van der Waals surface area (Å²) in [5.41, 5.74) is 0.945. The second kappa shape index (κ2) is 6.61. The van der Waals surface area contributed by atoms with E-state index in [1.807, 2.05) is 25.1 Å². The van der Waals surface area contributed by atoms with E-state index in [4.69, 9.17) is 9.47 Å². The summed E-state index contributed by atoms with van der Waals surface area (Å²) in [6.07, 6.45) is 0. The topological polar surface area (TPSA) is 59.6 Å². The van der Waals surface area contributed by atoms with E-state index in [0.29, 0.717) is 12.5 Å². The predicted molar refractivity (Wildman–Crippen MR) is 76.9 cm³/mol. The zero-order chi connectivity index (χ0) is 14.5. The van der Waals surface area contributed by atoms with Crippen LogP contribution in [0.4, 0.5) is 0 Å². The smallest absolute Gasteiger partial charge is 0.223 e. The lowest BCUT2D eigenvalue weighted by atomic mass is 9.88. The number of hydrogen-bond acceptors (Lipinski definition) is 4. The molecule has 5 heteroatoms. The van der Waals surface area contributed by atoms with Crippen LogP contribution in [0.1, 0.15) is 12.5 Å². The van der Waals surface area contributed by atoms with Crippen molar-refractivity contribution in [3.8, 4) is 11.5 Å². The predicted octanol–water partition coefficient (Wildman–Crippen LogP) is 1.18. The van der Waals surface area contributed by atoms with Crippen LogP contribution in [-0.4, -0.2) is 33.2 Å². The summed E-state index contributed by atoms with van der Waals surface area (Å²) in [5.74, 6) is 2.05. The minimum Gasteiger partial charge on any atom is -0.497 e. The van der Waals surface area contributed by atoms with Gasteiger partial charge in [-0.15, -0.1) is 0 Å². The van der Waals surface area contributed by atoms with Crippen molar-refractivity contribution in [3.05, 3.63) is 23.8 Å². The van der Waals surface area contributed by atoms with Gasteiger partial charge in [0.2, 0.25) is 5.91 Å². The van der Waals surface area contributed by atoms with Crippen LogP contribution in [0.5, 0.6) is 11.5 Å². The van der Waals surface area contributed by atoms with E-state index >= 15 is 0 Å². The van der Waals surface area contributed by atoms with Crippen molar-refractivity contribution < 1.29 is 14.3 Å². The van der Waals surface area contributed by atoms with Gasteiger partial charge >= 0.3 is 0 Å². The Balaban J connectivity index is 1.94. The van der Waals surface area contributed by atoms with Crippen molar-refractivity contribution in [1.29, 1.82) is 0 Å². The van der Waals surface area contributed by atoms with Crippen LogP contribution in [0.3, 0.4) is 0 Å². The number of ether oxygens (including phenoxy) is 2. The molecule has 1 aromatic rings. The Morgan fingerprint density at radius 2 is 2.15 bits per heavy atom. The third-order valence-electron chi connectivity index (χ3n) is 3.88. The summed E-state index contributed by atoms with van der Waals surface area (Å²) in [4.78, 5) is 12.1. The number of carbonyl (C=O) groups excluding carboxylic acids is 1. The number of benzene rings is 1. The molecule has 0 aliphatic carbocycles. The molecule has 1 heterocycles. The Hall–Kier alpha value is -1.75. The molecular weight excluding hydrogens is 256 g/mol. The van der Waals surface area contributed by atoms with Crippen molar-refractivity contribution in [2.45, 2.75) is 13.5 Å². The molecule has 1 amide bonds. The number of hydrogen-bond donors (Lipinski definition) is 2. The van der Waals surface area contributed by atoms with Gasteiger partial charge in [0.05, 0.1) is 14.2 Å². The van der Waals surface area contributed by atoms with Crippen molar-refractivity contribution in [3.63, 3.8) is 0 Å². The number of carbonyl (C=O) groups is 1. The Labute approximate surface area is 119 Å². The fourth-order valence-corrected chi connectivity index (χ4v) is 2.22. The van der Waals surface area contributed by atoms with Crippen LogP contribution in [0.2, 0.25) is 0 Å². The second-order valence-corrected chi connectivity index (χ2v) is 5.10. The molecule has 1 aromatic carbocycles. The van der Waals surface area contributed by atoms with Gasteiger partial charge in [0.15, 0.2) is 0 Å². The van der Waals surface area contributed by atoms with Crippen molar-refractivity contribution in [2.75, 3.05) is 27.3 Å². The standard InChI is InChI=1S/C15H22N2O3/c1-10(12-7-16-8-12)15(18)17-9-11-4-5-13(19-2)6-14(11)20-3/h4-6,10,12,16H,7-9H2,1-3H3,(H,17,18). The number of amides is 1. The molecule has 0 radical (unpaired) electrons. The summed E-state index contributed by atoms with van der Waals surface area (Å²) in [5, 5.41) is 6.16. The molecule has 1 fully saturated rings. The Bertz CT molecular complexity index is 472. The summed E-state index contributed by atoms with van der Waals surface area (Å²) >= 11 is 0. The summed E-state index contributed by atoms with van der Waals surface area (Å²) in [7, 11) is 3.23. The Morgan fingerprint density at radius 1 is 1.40 bits per heavy atom. The lowest BCUT2D eigenvalue weighted by Gasteiger charge is -2.31. The van der Waals surface area contributed by atoms with Crippen molar-refractivity contribution >= 4 is 5.91 Å². The summed E-state index contributed by atoms with van der Waals surface area (Å²) in [6, 6.07) is 5.59. The molecule has 5 nitrogen and oxygen atoms in total. The van der Waals surface area contributed by atoms with E-state index in [-0.39, 0.29) is 11.8 Å². The average Bonchev–Trinajstić information content (AvgIpc) is 2.42. The molecule has 1 aliphatic rings. The quantitative estimate of drug-likeness (QED) is 0.820. The number of nitrogens with one attached hydrogen (secondary N) is 2. The lowest BCUT2D eigenvalue weighted by Crippen LogP contribution is -2.49. The van der Waals surface area contributed by atoms with Crippen LogP contribution in [0.15, 0.2) is 18.2 Å². The first-order chi connectivity index (χ1) is 9.65. The lowest BCUT2D eigenvalue weighted by molar-refractivity contribution is -0.126. The van der Waals surface area contributed by atoms with Crippen LogP contribution >= 0.6 is 0 Å². The van der Waals surface area contributed by atoms with Gasteiger partial charge in [-0.1, -0.05) is 6.92 Å². The molecule has 0 saturated carbocycles. The number of rotatable bonds is 6. The highest BCUT2D eigenvalue weighted by Crippen LogP contribution is 2.24. The SMILES string of the molecule is COc1ccc(CNC(=O)C(C)C2CNC2)c(OC)c1. The molecule has 0 aromatic heterocycles. The molecule has 1 atom stereocenters. The van der Waals surface area contributed by atoms with Crippen LogP contribution in [-0.2, 0) is 11.3 Å². The average molecular weight is 278 g/mol. The van der Waals surface area contributed by atoms with Gasteiger partial charge in [-0.3, -0.25) is 4.79 Å². The van der Waals surface area contributed by atoms with Crippen LogP contribution < -0.4 is 20.1 Å². The van der Waals surface area contributed by atoms with Gasteiger partial charge < -0.3 is 20.1 Å². The molecule has 2 rings (SSSR count). The molecule has 20 heavy (non-hydrogen) atoms. The fourth-order valence-electron chi connectivity index (χ4n) is 2.22. The molecule has 0 spiro atoms. The third kappa shape index (κ3) is 3.22. The molecule has 0 bridgehead atoms. The van der Waals surface area contributed by atoms with Gasteiger partial charge in [0.25, 0.3) is 0 Å². The van der Waals surface area contributed by atoms with Gasteiger partial charge in [0, 0.05) is 24.1 Å². The Kier molecular flexibility index (Phi) is 4.84. The molecular formula is C15H22N2O3. The van der Waals surface area contributed by atoms with Crippen molar-refractivity contribution in [2.24, 2.45) is 11.8 Å². The van der Waals surface area contributed by atoms with Crippen LogP contribution in [0.25, 0.3) is 0 Å². The van der Waals surface area contributed by atoms with E-state index in [2.05, 4.69) is 10.6 Å². The minimum absolute atomic E-state index is 0.0421. The molecule has 1 saturated heterocycles. The van der Waals surface area contributed by atoms with E-state index in [1.54, 1.807) is 14.2 Å². The molecule has 2 N–H and O–H groups in total. The maximum absolute atomic E-state index is 12.1. The first-order valence-electron chi connectivity index (χ1n) is 6.85. The zero-order valence-corrected chi connectivity index (χ0v) is 12.2.